The maximum absolute atomic E-state index is 11.1. The van der Waals surface area contributed by atoms with Crippen molar-refractivity contribution in [2.75, 3.05) is 0 Å². The van der Waals surface area contributed by atoms with E-state index in [1.165, 1.54) is 24.3 Å². The Hall–Kier alpha value is -2.33. The van der Waals surface area contributed by atoms with Crippen molar-refractivity contribution in [1.82, 2.24) is 0 Å². The first-order chi connectivity index (χ1) is 6.66. The number of hydrogen-bond donors (Lipinski definition) is 1. The quantitative estimate of drug-likeness (QED) is 0.438. The van der Waals surface area contributed by atoms with Crippen molar-refractivity contribution in [2.24, 2.45) is 5.11 Å². The highest BCUT2D eigenvalue weighted by atomic mass is 16.4. The van der Waals surface area contributed by atoms with Crippen LogP contribution in [0.3, 0.4) is 0 Å². The number of rotatable bonds is 2. The van der Waals surface area contributed by atoms with Gasteiger partial charge in [0.05, 0.1) is 5.56 Å². The highest BCUT2D eigenvalue weighted by molar-refractivity contribution is 6.05. The number of benzene rings is 1. The van der Waals surface area contributed by atoms with Gasteiger partial charge in [0.25, 0.3) is 0 Å². The Morgan fingerprint density at radius 3 is 2.36 bits per heavy atom. The van der Waals surface area contributed by atoms with E-state index in [-0.39, 0.29) is 11.1 Å². The SMILES string of the molecule is [N-]=[N+]=NC(=O)c1ccccc1C(=O)O. The van der Waals surface area contributed by atoms with Gasteiger partial charge in [-0.1, -0.05) is 18.2 Å². The molecule has 1 N–H and O–H groups in total. The fourth-order valence-electron chi connectivity index (χ4n) is 0.951. The monoisotopic (exact) mass is 191 g/mol. The highest BCUT2D eigenvalue weighted by Gasteiger charge is 2.13. The molecule has 14 heavy (non-hydrogen) atoms. The highest BCUT2D eigenvalue weighted by Crippen LogP contribution is 2.10. The van der Waals surface area contributed by atoms with Gasteiger partial charge < -0.3 is 5.11 Å². The predicted molar refractivity (Wildman–Crippen MR) is 46.9 cm³/mol. The van der Waals surface area contributed by atoms with Crippen LogP contribution in [0.5, 0.6) is 0 Å². The van der Waals surface area contributed by atoms with Crippen LogP contribution in [0.4, 0.5) is 0 Å². The third-order valence-electron chi connectivity index (χ3n) is 1.52. The molecule has 0 atom stereocenters. The Morgan fingerprint density at radius 2 is 1.86 bits per heavy atom. The number of carbonyl (C=O) groups excluding carboxylic acids is 1. The van der Waals surface area contributed by atoms with Crippen molar-refractivity contribution in [3.8, 4) is 0 Å². The first-order valence-electron chi connectivity index (χ1n) is 3.58. The molecule has 0 spiro atoms. The first kappa shape index (κ1) is 9.76. The topological polar surface area (TPSA) is 103 Å². The van der Waals surface area contributed by atoms with Crippen LogP contribution >= 0.6 is 0 Å². The van der Waals surface area contributed by atoms with Crippen LogP contribution in [0.2, 0.25) is 0 Å². The molecule has 0 bridgehead atoms. The van der Waals surface area contributed by atoms with Gasteiger partial charge in [0.15, 0.2) is 0 Å². The zero-order chi connectivity index (χ0) is 10.6. The third kappa shape index (κ3) is 1.88. The van der Waals surface area contributed by atoms with Gasteiger partial charge in [0.2, 0.25) is 5.91 Å². The average molecular weight is 191 g/mol. The minimum atomic E-state index is -1.23. The molecule has 6 heteroatoms. The molecule has 70 valence electrons. The molecular weight excluding hydrogens is 186 g/mol. The number of nitrogens with zero attached hydrogens (tertiary/aromatic N) is 3. The first-order valence-corrected chi connectivity index (χ1v) is 3.58. The molecule has 1 amide bonds. The van der Waals surface area contributed by atoms with Crippen molar-refractivity contribution < 1.29 is 14.7 Å². The van der Waals surface area contributed by atoms with Gasteiger partial charge in [-0.3, -0.25) is 4.79 Å². The minimum absolute atomic E-state index is 0.113. The largest absolute Gasteiger partial charge is 0.478 e. The summed E-state index contributed by atoms with van der Waals surface area (Å²) < 4.78 is 0. The van der Waals surface area contributed by atoms with E-state index in [9.17, 15) is 9.59 Å². The fraction of sp³-hybridized carbons (Fsp3) is 0. The Labute approximate surface area is 78.4 Å². The second kappa shape index (κ2) is 4.06. The van der Waals surface area contributed by atoms with Gasteiger partial charge in [0, 0.05) is 10.5 Å². The summed E-state index contributed by atoms with van der Waals surface area (Å²) in [5, 5.41) is 11.5. The van der Waals surface area contributed by atoms with E-state index in [1.807, 2.05) is 0 Å². The molecule has 1 aromatic rings. The van der Waals surface area contributed by atoms with Gasteiger partial charge in [-0.25, -0.2) is 4.79 Å². The summed E-state index contributed by atoms with van der Waals surface area (Å²) in [6.45, 7) is 0. The lowest BCUT2D eigenvalue weighted by Gasteiger charge is -1.99. The number of carbonyl (C=O) groups is 2. The number of carboxylic acids is 1. The lowest BCUT2D eigenvalue weighted by molar-refractivity contribution is 0.0692. The second-order valence-electron chi connectivity index (χ2n) is 2.35. The minimum Gasteiger partial charge on any atom is -0.478 e. The van der Waals surface area contributed by atoms with E-state index >= 15 is 0 Å². The van der Waals surface area contributed by atoms with Crippen molar-refractivity contribution in [3.63, 3.8) is 0 Å². The van der Waals surface area contributed by atoms with E-state index in [4.69, 9.17) is 10.6 Å². The molecule has 0 radical (unpaired) electrons. The van der Waals surface area contributed by atoms with E-state index < -0.39 is 11.9 Å². The van der Waals surface area contributed by atoms with Gasteiger partial charge in [-0.2, -0.15) is 0 Å². The molecule has 6 nitrogen and oxygen atoms in total. The second-order valence-corrected chi connectivity index (χ2v) is 2.35. The number of hydrogen-bond acceptors (Lipinski definition) is 2. The van der Waals surface area contributed by atoms with E-state index in [0.717, 1.165) is 0 Å². The summed E-state index contributed by atoms with van der Waals surface area (Å²) >= 11 is 0. The van der Waals surface area contributed by atoms with Crippen molar-refractivity contribution >= 4 is 11.9 Å². The molecule has 0 aliphatic carbocycles. The van der Waals surface area contributed by atoms with Crippen molar-refractivity contribution in [1.29, 1.82) is 0 Å². The fourth-order valence-corrected chi connectivity index (χ4v) is 0.951. The molecule has 0 saturated carbocycles. The molecule has 0 fully saturated rings. The number of carboxylic acid groups (broad SMARTS) is 1. The summed E-state index contributed by atoms with van der Waals surface area (Å²) in [4.78, 5) is 24.0. The molecule has 0 unspecified atom stereocenters. The van der Waals surface area contributed by atoms with E-state index in [1.54, 1.807) is 0 Å². The maximum atomic E-state index is 11.1. The predicted octanol–water partition coefficient (Wildman–Crippen LogP) is 1.84. The Balaban J connectivity index is 3.26. The molecule has 0 aliphatic rings. The molecule has 0 aromatic heterocycles. The smallest absolute Gasteiger partial charge is 0.336 e. The van der Waals surface area contributed by atoms with Crippen LogP contribution in [0.15, 0.2) is 29.4 Å². The molecule has 1 aromatic carbocycles. The number of aromatic carboxylic acids is 1. The van der Waals surface area contributed by atoms with Crippen molar-refractivity contribution in [3.05, 3.63) is 45.8 Å². The van der Waals surface area contributed by atoms with Gasteiger partial charge in [-0.05, 0) is 16.7 Å². The lowest BCUT2D eigenvalue weighted by atomic mass is 10.1. The maximum Gasteiger partial charge on any atom is 0.336 e. The standard InChI is InChI=1S/C8H5N3O3/c9-11-10-7(12)5-3-1-2-4-6(5)8(13)14/h1-4H,(H,13,14). The third-order valence-corrected chi connectivity index (χ3v) is 1.52. The molecular formula is C8H5N3O3. The van der Waals surface area contributed by atoms with Crippen LogP contribution in [0.25, 0.3) is 10.4 Å². The zero-order valence-corrected chi connectivity index (χ0v) is 6.91. The number of azide groups is 1. The van der Waals surface area contributed by atoms with Gasteiger partial charge in [-0.15, -0.1) is 0 Å². The van der Waals surface area contributed by atoms with E-state index in [2.05, 4.69) is 10.0 Å². The molecule has 0 heterocycles. The van der Waals surface area contributed by atoms with Crippen molar-refractivity contribution in [2.45, 2.75) is 0 Å². The summed E-state index contributed by atoms with van der Waals surface area (Å²) in [7, 11) is 0. The van der Waals surface area contributed by atoms with Gasteiger partial charge in [0.1, 0.15) is 0 Å². The molecule has 1 rings (SSSR count). The summed E-state index contributed by atoms with van der Waals surface area (Å²) in [5.74, 6) is -2.13. The lowest BCUT2D eigenvalue weighted by Crippen LogP contribution is -2.05. The zero-order valence-electron chi connectivity index (χ0n) is 6.91. The Bertz CT molecular complexity index is 435. The Morgan fingerprint density at radius 1 is 1.29 bits per heavy atom. The van der Waals surface area contributed by atoms with Gasteiger partial charge >= 0.3 is 5.97 Å². The number of amides is 1. The molecule has 0 saturated heterocycles. The van der Waals surface area contributed by atoms with Crippen LogP contribution in [0, 0.1) is 0 Å². The van der Waals surface area contributed by atoms with Crippen LogP contribution in [0.1, 0.15) is 20.7 Å². The van der Waals surface area contributed by atoms with Crippen LogP contribution in [-0.2, 0) is 0 Å². The van der Waals surface area contributed by atoms with E-state index in [0.29, 0.717) is 0 Å². The van der Waals surface area contributed by atoms with Crippen LogP contribution < -0.4 is 0 Å². The summed E-state index contributed by atoms with van der Waals surface area (Å²) in [5.41, 5.74) is 7.73. The molecule has 0 aliphatic heterocycles. The summed E-state index contributed by atoms with van der Waals surface area (Å²) in [6, 6.07) is 5.53. The van der Waals surface area contributed by atoms with Crippen LogP contribution in [-0.4, -0.2) is 17.0 Å². The average Bonchev–Trinajstić information content (AvgIpc) is 2.18. The summed E-state index contributed by atoms with van der Waals surface area (Å²) in [6.07, 6.45) is 0. The normalized spacial score (nSPS) is 8.86. The Kier molecular flexibility index (Phi) is 2.83.